The van der Waals surface area contributed by atoms with Crippen molar-refractivity contribution in [2.75, 3.05) is 25.6 Å². The first-order chi connectivity index (χ1) is 11.9. The molecule has 1 aliphatic rings. The number of rotatable bonds is 7. The molecule has 9 heteroatoms. The molecule has 0 aliphatic carbocycles. The normalized spacial score (nSPS) is 19.0. The Labute approximate surface area is 145 Å². The second-order valence-corrected chi connectivity index (χ2v) is 7.37. The van der Waals surface area contributed by atoms with E-state index in [2.05, 4.69) is 5.32 Å². The highest BCUT2D eigenvalue weighted by Crippen LogP contribution is 2.71. The summed E-state index contributed by atoms with van der Waals surface area (Å²) in [5.74, 6) is -1.97. The Kier molecular flexibility index (Phi) is 5.49. The van der Waals surface area contributed by atoms with Crippen molar-refractivity contribution in [3.8, 4) is 17.9 Å². The lowest BCUT2D eigenvalue weighted by molar-refractivity contribution is -0.119. The van der Waals surface area contributed by atoms with Gasteiger partial charge in [-0.25, -0.2) is 0 Å². The van der Waals surface area contributed by atoms with Crippen LogP contribution < -0.4 is 10.1 Å². The van der Waals surface area contributed by atoms with E-state index in [0.717, 1.165) is 0 Å². The highest BCUT2D eigenvalue weighted by Gasteiger charge is 2.67. The Morgan fingerprint density at radius 3 is 2.32 bits per heavy atom. The highest BCUT2D eigenvalue weighted by molar-refractivity contribution is 7.56. The molecule has 1 unspecified atom stereocenters. The van der Waals surface area contributed by atoms with Crippen LogP contribution in [0.4, 0.5) is 5.69 Å². The van der Waals surface area contributed by atoms with E-state index in [4.69, 9.17) is 13.8 Å². The maximum absolute atomic E-state index is 13.6. The van der Waals surface area contributed by atoms with Gasteiger partial charge in [0, 0.05) is 11.3 Å². The van der Waals surface area contributed by atoms with Crippen LogP contribution in [-0.4, -0.2) is 26.2 Å². The number of fused-ring (bicyclic) bond motifs is 1. The first-order valence-corrected chi connectivity index (χ1v) is 9.17. The molecule has 1 aromatic carbocycles. The number of nitrogens with one attached hydrogen (secondary N) is 1. The van der Waals surface area contributed by atoms with Crippen LogP contribution >= 0.6 is 7.60 Å². The Bertz CT molecular complexity index is 789. The van der Waals surface area contributed by atoms with Gasteiger partial charge in [0.25, 0.3) is 0 Å². The second kappa shape index (κ2) is 7.25. The number of anilines is 1. The smallest absolute Gasteiger partial charge is 0.353 e. The molecule has 0 fully saturated rings. The van der Waals surface area contributed by atoms with E-state index in [1.807, 2.05) is 0 Å². The summed E-state index contributed by atoms with van der Waals surface area (Å²) < 4.78 is 29.5. The molecule has 0 aromatic heterocycles. The maximum Gasteiger partial charge on any atom is 0.353 e. The van der Waals surface area contributed by atoms with Gasteiger partial charge in [-0.1, -0.05) is 0 Å². The summed E-state index contributed by atoms with van der Waals surface area (Å²) in [5, 5.41) is 19.5. The van der Waals surface area contributed by atoms with E-state index in [-0.39, 0.29) is 18.8 Å². The highest BCUT2D eigenvalue weighted by atomic mass is 31.2. The van der Waals surface area contributed by atoms with Gasteiger partial charge in [-0.3, -0.25) is 9.36 Å². The summed E-state index contributed by atoms with van der Waals surface area (Å²) in [6.07, 6.45) is 0. The first kappa shape index (κ1) is 19.0. The van der Waals surface area contributed by atoms with E-state index >= 15 is 0 Å². The number of nitrogens with zero attached hydrogens (tertiary/aromatic N) is 2. The molecular formula is C16H18N3O5P. The molecule has 1 amide bonds. The van der Waals surface area contributed by atoms with Crippen molar-refractivity contribution < 1.29 is 23.1 Å². The van der Waals surface area contributed by atoms with Crippen LogP contribution in [0.2, 0.25) is 0 Å². The van der Waals surface area contributed by atoms with E-state index in [1.165, 1.54) is 13.2 Å². The third kappa shape index (κ3) is 2.69. The molecule has 1 atom stereocenters. The third-order valence-electron chi connectivity index (χ3n) is 3.94. The van der Waals surface area contributed by atoms with Gasteiger partial charge < -0.3 is 19.1 Å². The minimum atomic E-state index is -4.22. The van der Waals surface area contributed by atoms with E-state index < -0.39 is 24.6 Å². The summed E-state index contributed by atoms with van der Waals surface area (Å²) in [6.45, 7) is 3.14. The van der Waals surface area contributed by atoms with E-state index in [1.54, 1.807) is 38.1 Å². The van der Waals surface area contributed by atoms with Crippen LogP contribution in [0.3, 0.4) is 0 Å². The average molecular weight is 363 g/mol. The number of amides is 1. The van der Waals surface area contributed by atoms with E-state index in [9.17, 15) is 19.9 Å². The molecule has 1 aromatic rings. The largest absolute Gasteiger partial charge is 0.497 e. The minimum Gasteiger partial charge on any atom is -0.497 e. The van der Waals surface area contributed by atoms with Gasteiger partial charge in [-0.15, -0.1) is 0 Å². The molecule has 1 heterocycles. The standard InChI is InChI=1S/C16H18N3O5P/c1-4-23-25(21,24-5-2)16(11(9-17)10-18)13-8-12(22-3)6-7-14(13)19-15(16)20/h6-8,11H,4-5H2,1-3H3,(H,19,20). The fraction of sp³-hybridized carbons (Fsp3) is 0.438. The number of benzene rings is 1. The molecule has 0 bridgehead atoms. The average Bonchev–Trinajstić information content (AvgIpc) is 2.89. The number of carbonyl (C=O) groups is 1. The number of ether oxygens (including phenoxy) is 1. The predicted octanol–water partition coefficient (Wildman–Crippen LogP) is 2.77. The summed E-state index contributed by atoms with van der Waals surface area (Å²) in [4.78, 5) is 12.9. The Balaban J connectivity index is 2.88. The molecule has 0 spiro atoms. The SMILES string of the molecule is CCOP(=O)(OCC)C1(C(C#N)C#N)C(=O)Nc2ccc(OC)cc21. The molecule has 0 radical (unpaired) electrons. The summed E-state index contributed by atoms with van der Waals surface area (Å²) in [7, 11) is -2.78. The number of hydrogen-bond donors (Lipinski definition) is 1. The predicted molar refractivity (Wildman–Crippen MR) is 88.9 cm³/mol. The van der Waals surface area contributed by atoms with Crippen LogP contribution in [0.15, 0.2) is 18.2 Å². The van der Waals surface area contributed by atoms with Crippen molar-refractivity contribution in [3.05, 3.63) is 23.8 Å². The zero-order valence-electron chi connectivity index (χ0n) is 14.1. The fourth-order valence-corrected chi connectivity index (χ4v) is 5.31. The fourth-order valence-electron chi connectivity index (χ4n) is 2.93. The van der Waals surface area contributed by atoms with Crippen LogP contribution in [0, 0.1) is 28.6 Å². The van der Waals surface area contributed by atoms with E-state index in [0.29, 0.717) is 11.4 Å². The minimum absolute atomic E-state index is 0.0187. The molecule has 8 nitrogen and oxygen atoms in total. The zero-order chi connectivity index (χ0) is 18.7. The molecule has 2 rings (SSSR count). The Morgan fingerprint density at radius 2 is 1.84 bits per heavy atom. The molecule has 25 heavy (non-hydrogen) atoms. The number of hydrogen-bond acceptors (Lipinski definition) is 7. The summed E-state index contributed by atoms with van der Waals surface area (Å²) in [5.41, 5.74) is 0.524. The molecule has 0 saturated heterocycles. The van der Waals surface area contributed by atoms with Gasteiger partial charge in [0.15, 0.2) is 5.92 Å². The van der Waals surface area contributed by atoms with Crippen molar-refractivity contribution in [2.24, 2.45) is 5.92 Å². The topological polar surface area (TPSA) is 121 Å². The maximum atomic E-state index is 13.6. The van der Waals surface area contributed by atoms with Gasteiger partial charge in [0.05, 0.1) is 32.5 Å². The van der Waals surface area contributed by atoms with Gasteiger partial charge in [-0.05, 0) is 32.0 Å². The third-order valence-corrected chi connectivity index (χ3v) is 6.70. The lowest BCUT2D eigenvalue weighted by atomic mass is 9.87. The van der Waals surface area contributed by atoms with Crippen molar-refractivity contribution >= 4 is 19.2 Å². The quantitative estimate of drug-likeness (QED) is 0.739. The zero-order valence-corrected chi connectivity index (χ0v) is 15.0. The second-order valence-electron chi connectivity index (χ2n) is 5.16. The Morgan fingerprint density at radius 1 is 1.24 bits per heavy atom. The van der Waals surface area contributed by atoms with Crippen molar-refractivity contribution in [1.82, 2.24) is 0 Å². The van der Waals surface area contributed by atoms with Crippen LogP contribution in [-0.2, 0) is 23.6 Å². The van der Waals surface area contributed by atoms with Gasteiger partial charge in [-0.2, -0.15) is 10.5 Å². The van der Waals surface area contributed by atoms with Crippen molar-refractivity contribution in [2.45, 2.75) is 19.0 Å². The van der Waals surface area contributed by atoms with Crippen LogP contribution in [0.1, 0.15) is 19.4 Å². The van der Waals surface area contributed by atoms with Crippen LogP contribution in [0.5, 0.6) is 5.75 Å². The molecule has 1 N–H and O–H groups in total. The van der Waals surface area contributed by atoms with Crippen LogP contribution in [0.25, 0.3) is 0 Å². The van der Waals surface area contributed by atoms with Crippen molar-refractivity contribution in [1.29, 1.82) is 10.5 Å². The molecule has 1 aliphatic heterocycles. The van der Waals surface area contributed by atoms with Crippen molar-refractivity contribution in [3.63, 3.8) is 0 Å². The summed E-state index contributed by atoms with van der Waals surface area (Å²) in [6, 6.07) is 8.18. The first-order valence-electron chi connectivity index (χ1n) is 7.63. The lowest BCUT2D eigenvalue weighted by Gasteiger charge is -2.34. The lowest BCUT2D eigenvalue weighted by Crippen LogP contribution is -2.42. The summed E-state index contributed by atoms with van der Waals surface area (Å²) >= 11 is 0. The number of nitriles is 2. The van der Waals surface area contributed by atoms with Gasteiger partial charge >= 0.3 is 7.60 Å². The molecular weight excluding hydrogens is 345 g/mol. The number of carbonyl (C=O) groups excluding carboxylic acids is 1. The number of methoxy groups -OCH3 is 1. The van der Waals surface area contributed by atoms with Gasteiger partial charge in [0.1, 0.15) is 5.75 Å². The Hall–Kier alpha value is -2.38. The van der Waals surface area contributed by atoms with Gasteiger partial charge in [0.2, 0.25) is 11.1 Å². The molecule has 0 saturated carbocycles. The monoisotopic (exact) mass is 363 g/mol. The molecule has 132 valence electrons.